The van der Waals surface area contributed by atoms with Gasteiger partial charge in [-0.3, -0.25) is 9.59 Å². The lowest BCUT2D eigenvalue weighted by molar-refractivity contribution is 0.0946. The number of ketones is 1. The maximum Gasteiger partial charge on any atom is 0.267 e. The Balaban J connectivity index is 1.64. The zero-order valence-corrected chi connectivity index (χ0v) is 14.8. The lowest BCUT2D eigenvalue weighted by Gasteiger charge is -2.01. The van der Waals surface area contributed by atoms with Crippen LogP contribution in [-0.2, 0) is 0 Å². The Kier molecular flexibility index (Phi) is 4.12. The monoisotopic (exact) mass is 369 g/mol. The quantitative estimate of drug-likeness (QED) is 0.670. The Morgan fingerprint density at radius 2 is 2.00 bits per heavy atom. The van der Waals surface area contributed by atoms with Gasteiger partial charge in [0, 0.05) is 28.4 Å². The summed E-state index contributed by atoms with van der Waals surface area (Å²) in [5.41, 5.74) is 2.31. The number of aryl methyl sites for hydroxylation is 1. The molecule has 0 saturated heterocycles. The topological polar surface area (TPSA) is 88.0 Å². The summed E-state index contributed by atoms with van der Waals surface area (Å²) in [7, 11) is 0. The molecule has 7 heteroatoms. The van der Waals surface area contributed by atoms with Crippen LogP contribution in [0, 0.1) is 6.92 Å². The van der Waals surface area contributed by atoms with Gasteiger partial charge < -0.3 is 14.8 Å². The predicted molar refractivity (Wildman–Crippen MR) is 96.4 cm³/mol. The number of aromatic nitrogens is 2. The van der Waals surface area contributed by atoms with Crippen LogP contribution < -0.4 is 5.32 Å². The number of nitrogens with zero attached hydrogens (tertiary/aromatic N) is 1. The number of nitrogens with one attached hydrogen (secondary N) is 2. The molecular formula is C19H16ClN3O3. The van der Waals surface area contributed by atoms with Crippen molar-refractivity contribution in [1.29, 1.82) is 0 Å². The molecule has 2 N–H and O–H groups in total. The molecule has 0 unspecified atom stereocenters. The second-order valence-electron chi connectivity index (χ2n) is 6.35. The molecule has 26 heavy (non-hydrogen) atoms. The number of amides is 1. The molecule has 1 aliphatic carbocycles. The Morgan fingerprint density at radius 1 is 1.27 bits per heavy atom. The van der Waals surface area contributed by atoms with E-state index in [9.17, 15) is 9.59 Å². The van der Waals surface area contributed by atoms with E-state index in [0.717, 1.165) is 18.4 Å². The molecule has 0 aliphatic heterocycles. The van der Waals surface area contributed by atoms with E-state index in [2.05, 4.69) is 15.5 Å². The number of hydrogen-bond acceptors (Lipinski definition) is 4. The van der Waals surface area contributed by atoms with Gasteiger partial charge in [0.2, 0.25) is 0 Å². The van der Waals surface area contributed by atoms with Gasteiger partial charge in [-0.15, -0.1) is 0 Å². The number of carbonyl (C=O) groups excluding carboxylic acids is 2. The van der Waals surface area contributed by atoms with Crippen LogP contribution in [0.1, 0.15) is 45.0 Å². The minimum absolute atomic E-state index is 0.202. The molecule has 1 saturated carbocycles. The van der Waals surface area contributed by atoms with E-state index in [-0.39, 0.29) is 17.7 Å². The Bertz CT molecular complexity index is 984. The maximum atomic E-state index is 13.0. The molecule has 2 heterocycles. The molecule has 1 aromatic carbocycles. The highest BCUT2D eigenvalue weighted by atomic mass is 35.5. The molecule has 132 valence electrons. The van der Waals surface area contributed by atoms with Crippen LogP contribution in [0.15, 0.2) is 41.1 Å². The van der Waals surface area contributed by atoms with Gasteiger partial charge in [0.05, 0.1) is 5.56 Å². The first-order valence-corrected chi connectivity index (χ1v) is 8.67. The largest absolute Gasteiger partial charge is 0.360 e. The average molecular weight is 370 g/mol. The normalized spacial score (nSPS) is 13.6. The number of benzene rings is 1. The van der Waals surface area contributed by atoms with Crippen molar-refractivity contribution in [2.45, 2.75) is 25.8 Å². The fourth-order valence-corrected chi connectivity index (χ4v) is 2.86. The standard InChI is InChI=1S/C19H16ClN3O3/c1-10-16(17(23-26-10)11-2-4-13(20)5-3-11)18(24)12-8-15(21-9-12)19(25)22-14-6-7-14/h2-5,8-9,14,21H,6-7H2,1H3,(H,22,25). The second-order valence-corrected chi connectivity index (χ2v) is 6.78. The van der Waals surface area contributed by atoms with Crippen molar-refractivity contribution in [2.75, 3.05) is 0 Å². The average Bonchev–Trinajstić information content (AvgIpc) is 3.16. The van der Waals surface area contributed by atoms with Crippen molar-refractivity contribution >= 4 is 23.3 Å². The van der Waals surface area contributed by atoms with Crippen LogP contribution >= 0.6 is 11.6 Å². The summed E-state index contributed by atoms with van der Waals surface area (Å²) in [6.45, 7) is 1.69. The molecule has 6 nitrogen and oxygen atoms in total. The number of hydrogen-bond donors (Lipinski definition) is 2. The number of aromatic amines is 1. The highest BCUT2D eigenvalue weighted by molar-refractivity contribution is 6.30. The summed E-state index contributed by atoms with van der Waals surface area (Å²) >= 11 is 5.92. The van der Waals surface area contributed by atoms with E-state index >= 15 is 0 Å². The van der Waals surface area contributed by atoms with E-state index in [0.29, 0.717) is 33.3 Å². The molecule has 1 aliphatic rings. The molecule has 0 bridgehead atoms. The number of H-pyrrole nitrogens is 1. The number of rotatable bonds is 5. The van der Waals surface area contributed by atoms with Crippen LogP contribution in [0.5, 0.6) is 0 Å². The lowest BCUT2D eigenvalue weighted by atomic mass is 9.99. The summed E-state index contributed by atoms with van der Waals surface area (Å²) in [6, 6.07) is 8.82. The van der Waals surface area contributed by atoms with Crippen molar-refractivity contribution in [1.82, 2.24) is 15.5 Å². The first kappa shape index (κ1) is 16.6. The third kappa shape index (κ3) is 3.15. The van der Waals surface area contributed by atoms with E-state index in [1.807, 2.05) is 0 Å². The molecular weight excluding hydrogens is 354 g/mol. The molecule has 2 aromatic heterocycles. The summed E-state index contributed by atoms with van der Waals surface area (Å²) in [6.07, 6.45) is 3.54. The van der Waals surface area contributed by atoms with Gasteiger partial charge in [-0.2, -0.15) is 0 Å². The molecule has 0 spiro atoms. The Hall–Kier alpha value is -2.86. The molecule has 4 rings (SSSR count). The summed E-state index contributed by atoms with van der Waals surface area (Å²) in [5.74, 6) is -0.0351. The van der Waals surface area contributed by atoms with E-state index in [1.54, 1.807) is 37.3 Å². The highest BCUT2D eigenvalue weighted by Crippen LogP contribution is 2.28. The van der Waals surface area contributed by atoms with Gasteiger partial charge in [0.25, 0.3) is 5.91 Å². The third-order valence-corrected chi connectivity index (χ3v) is 4.56. The molecule has 3 aromatic rings. The van der Waals surface area contributed by atoms with Gasteiger partial charge >= 0.3 is 0 Å². The van der Waals surface area contributed by atoms with E-state index in [1.165, 1.54) is 6.20 Å². The minimum atomic E-state index is -0.254. The Labute approximate surface area is 154 Å². The van der Waals surface area contributed by atoms with Crippen LogP contribution in [0.2, 0.25) is 5.02 Å². The first-order chi connectivity index (χ1) is 12.5. The molecule has 0 radical (unpaired) electrons. The summed E-state index contributed by atoms with van der Waals surface area (Å²) < 4.78 is 5.24. The van der Waals surface area contributed by atoms with E-state index in [4.69, 9.17) is 16.1 Å². The van der Waals surface area contributed by atoms with Gasteiger partial charge in [-0.05, 0) is 38.0 Å². The zero-order valence-electron chi connectivity index (χ0n) is 14.0. The van der Waals surface area contributed by atoms with Crippen molar-refractivity contribution < 1.29 is 14.1 Å². The zero-order chi connectivity index (χ0) is 18.3. The van der Waals surface area contributed by atoms with Gasteiger partial charge in [-0.1, -0.05) is 28.9 Å². The van der Waals surface area contributed by atoms with Crippen molar-refractivity contribution in [2.24, 2.45) is 0 Å². The van der Waals surface area contributed by atoms with Gasteiger partial charge in [0.15, 0.2) is 5.78 Å². The molecule has 1 fully saturated rings. The fraction of sp³-hybridized carbons (Fsp3) is 0.211. The SMILES string of the molecule is Cc1onc(-c2ccc(Cl)cc2)c1C(=O)c1c[nH]c(C(=O)NC2CC2)c1. The van der Waals surface area contributed by atoms with Crippen molar-refractivity contribution in [3.63, 3.8) is 0 Å². The Morgan fingerprint density at radius 3 is 2.69 bits per heavy atom. The first-order valence-electron chi connectivity index (χ1n) is 8.29. The highest BCUT2D eigenvalue weighted by Gasteiger charge is 2.26. The number of carbonyl (C=O) groups is 2. The molecule has 0 atom stereocenters. The third-order valence-electron chi connectivity index (χ3n) is 4.31. The van der Waals surface area contributed by atoms with E-state index < -0.39 is 0 Å². The summed E-state index contributed by atoms with van der Waals surface area (Å²) in [4.78, 5) is 28.0. The van der Waals surface area contributed by atoms with Crippen LogP contribution in [-0.4, -0.2) is 27.9 Å². The lowest BCUT2D eigenvalue weighted by Crippen LogP contribution is -2.25. The predicted octanol–water partition coefficient (Wildman–Crippen LogP) is 3.75. The summed E-state index contributed by atoms with van der Waals surface area (Å²) in [5, 5.41) is 7.51. The van der Waals surface area contributed by atoms with Gasteiger partial charge in [0.1, 0.15) is 17.1 Å². The van der Waals surface area contributed by atoms with Gasteiger partial charge in [-0.25, -0.2) is 0 Å². The maximum absolute atomic E-state index is 13.0. The second kappa shape index (κ2) is 6.46. The van der Waals surface area contributed by atoms with Crippen LogP contribution in [0.4, 0.5) is 0 Å². The van der Waals surface area contributed by atoms with Crippen molar-refractivity contribution in [3.8, 4) is 11.3 Å². The fourth-order valence-electron chi connectivity index (χ4n) is 2.74. The number of halogens is 1. The van der Waals surface area contributed by atoms with Crippen LogP contribution in [0.3, 0.4) is 0 Å². The van der Waals surface area contributed by atoms with Crippen LogP contribution in [0.25, 0.3) is 11.3 Å². The minimum Gasteiger partial charge on any atom is -0.360 e. The smallest absolute Gasteiger partial charge is 0.267 e. The molecule has 1 amide bonds. The van der Waals surface area contributed by atoms with Crippen molar-refractivity contribution in [3.05, 3.63) is 64.1 Å².